The molecule has 2 aromatic carbocycles. The van der Waals surface area contributed by atoms with Gasteiger partial charge in [-0.25, -0.2) is 4.98 Å². The van der Waals surface area contributed by atoms with Crippen LogP contribution in [-0.2, 0) is 6.42 Å². The number of anilines is 2. The number of aromatic nitrogens is 1. The Balaban J connectivity index is 1.58. The first-order valence-electron chi connectivity index (χ1n) is 8.40. The largest absolute Gasteiger partial charge is 0.352 e. The summed E-state index contributed by atoms with van der Waals surface area (Å²) in [7, 11) is 0. The van der Waals surface area contributed by atoms with E-state index in [1.165, 1.54) is 0 Å². The molecule has 1 heterocycles. The van der Waals surface area contributed by atoms with Gasteiger partial charge in [0.25, 0.3) is 5.91 Å². The highest BCUT2D eigenvalue weighted by Crippen LogP contribution is 2.16. The molecule has 134 valence electrons. The second-order valence-electron chi connectivity index (χ2n) is 5.88. The van der Waals surface area contributed by atoms with Crippen molar-refractivity contribution < 1.29 is 4.79 Å². The minimum atomic E-state index is -0.165. The Morgan fingerprint density at radius 1 is 1.11 bits per heavy atom. The molecule has 1 aromatic heterocycles. The molecule has 2 N–H and O–H groups in total. The summed E-state index contributed by atoms with van der Waals surface area (Å²) >= 11 is 5.97. The maximum absolute atomic E-state index is 12.4. The van der Waals surface area contributed by atoms with E-state index < -0.39 is 0 Å². The van der Waals surface area contributed by atoms with Crippen LogP contribution in [0.4, 0.5) is 11.5 Å². The molecule has 0 radical (unpaired) electrons. The Labute approximate surface area is 162 Å². The number of nitrogens with zero attached hydrogens (tertiary/aromatic N) is 2. The first-order chi connectivity index (χ1) is 13.1. The summed E-state index contributed by atoms with van der Waals surface area (Å²) in [6, 6.07) is 20.0. The van der Waals surface area contributed by atoms with Crippen molar-refractivity contribution in [2.75, 3.05) is 11.9 Å². The molecule has 0 unspecified atom stereocenters. The number of nitriles is 1. The van der Waals surface area contributed by atoms with Crippen LogP contribution in [0.2, 0.25) is 5.02 Å². The molecule has 0 spiro atoms. The summed E-state index contributed by atoms with van der Waals surface area (Å²) < 4.78 is 0. The molecular formula is C21H17ClN4O. The van der Waals surface area contributed by atoms with Gasteiger partial charge >= 0.3 is 0 Å². The first-order valence-corrected chi connectivity index (χ1v) is 8.78. The summed E-state index contributed by atoms with van der Waals surface area (Å²) in [5.41, 5.74) is 2.97. The highest BCUT2D eigenvalue weighted by molar-refractivity contribution is 6.30. The molecule has 3 aromatic rings. The Kier molecular flexibility index (Phi) is 6.03. The van der Waals surface area contributed by atoms with E-state index in [1.807, 2.05) is 24.3 Å². The Morgan fingerprint density at radius 2 is 1.93 bits per heavy atom. The zero-order valence-corrected chi connectivity index (χ0v) is 15.2. The monoisotopic (exact) mass is 376 g/mol. The number of hydrogen-bond donors (Lipinski definition) is 2. The van der Waals surface area contributed by atoms with Crippen molar-refractivity contribution in [2.45, 2.75) is 6.42 Å². The lowest BCUT2D eigenvalue weighted by molar-refractivity contribution is 0.0954. The quantitative estimate of drug-likeness (QED) is 0.671. The van der Waals surface area contributed by atoms with Crippen LogP contribution >= 0.6 is 11.6 Å². The van der Waals surface area contributed by atoms with Gasteiger partial charge in [0, 0.05) is 29.0 Å². The van der Waals surface area contributed by atoms with Crippen molar-refractivity contribution in [1.82, 2.24) is 10.3 Å². The minimum absolute atomic E-state index is 0.165. The lowest BCUT2D eigenvalue weighted by Gasteiger charge is -2.09. The van der Waals surface area contributed by atoms with Crippen LogP contribution in [0.25, 0.3) is 0 Å². The zero-order valence-electron chi connectivity index (χ0n) is 14.4. The zero-order chi connectivity index (χ0) is 19.1. The van der Waals surface area contributed by atoms with E-state index in [1.54, 1.807) is 42.6 Å². The van der Waals surface area contributed by atoms with Crippen molar-refractivity contribution in [1.29, 1.82) is 5.26 Å². The Hall–Kier alpha value is -3.36. The lowest BCUT2D eigenvalue weighted by Crippen LogP contribution is -2.25. The molecule has 0 aliphatic carbocycles. The number of halogens is 1. The number of benzene rings is 2. The molecule has 0 bridgehead atoms. The number of carbonyl (C=O) groups excluding carboxylic acids is 1. The van der Waals surface area contributed by atoms with E-state index in [-0.39, 0.29) is 5.91 Å². The number of nitrogens with one attached hydrogen (secondary N) is 2. The van der Waals surface area contributed by atoms with Gasteiger partial charge in [0.15, 0.2) is 0 Å². The van der Waals surface area contributed by atoms with Gasteiger partial charge in [0.05, 0.1) is 11.6 Å². The normalized spacial score (nSPS) is 10.1. The number of hydrogen-bond acceptors (Lipinski definition) is 4. The van der Waals surface area contributed by atoms with E-state index in [0.29, 0.717) is 34.9 Å². The third-order valence-corrected chi connectivity index (χ3v) is 4.13. The summed E-state index contributed by atoms with van der Waals surface area (Å²) in [6.07, 6.45) is 2.28. The van der Waals surface area contributed by atoms with Crippen LogP contribution in [0.5, 0.6) is 0 Å². The number of rotatable bonds is 6. The average molecular weight is 377 g/mol. The number of amides is 1. The van der Waals surface area contributed by atoms with Crippen LogP contribution < -0.4 is 10.6 Å². The van der Waals surface area contributed by atoms with E-state index in [2.05, 4.69) is 21.7 Å². The second kappa shape index (κ2) is 8.84. The van der Waals surface area contributed by atoms with Gasteiger partial charge in [-0.15, -0.1) is 0 Å². The standard InChI is InChI=1S/C21H17ClN4O/c22-18-3-1-2-15(12-18)8-10-25-21(27)17-9-11-24-20(13-17)26-19-6-4-16(14-23)5-7-19/h1-7,9,11-13H,8,10H2,(H,24,26)(H,25,27). The highest BCUT2D eigenvalue weighted by atomic mass is 35.5. The molecule has 3 rings (SSSR count). The maximum Gasteiger partial charge on any atom is 0.251 e. The lowest BCUT2D eigenvalue weighted by atomic mass is 10.1. The molecule has 6 heteroatoms. The van der Waals surface area contributed by atoms with E-state index in [4.69, 9.17) is 16.9 Å². The van der Waals surface area contributed by atoms with E-state index in [0.717, 1.165) is 11.3 Å². The fourth-order valence-electron chi connectivity index (χ4n) is 2.53. The van der Waals surface area contributed by atoms with Gasteiger partial charge in [0.2, 0.25) is 0 Å². The van der Waals surface area contributed by atoms with Crippen molar-refractivity contribution in [2.24, 2.45) is 0 Å². The van der Waals surface area contributed by atoms with Gasteiger partial charge in [-0.3, -0.25) is 4.79 Å². The number of carbonyl (C=O) groups is 1. The molecular weight excluding hydrogens is 360 g/mol. The predicted molar refractivity (Wildman–Crippen MR) is 106 cm³/mol. The summed E-state index contributed by atoms with van der Waals surface area (Å²) in [6.45, 7) is 0.514. The molecule has 5 nitrogen and oxygen atoms in total. The van der Waals surface area contributed by atoms with Gasteiger partial charge in [-0.2, -0.15) is 5.26 Å². The SMILES string of the molecule is N#Cc1ccc(Nc2cc(C(=O)NCCc3cccc(Cl)c3)ccn2)cc1. The summed E-state index contributed by atoms with van der Waals surface area (Å²) in [4.78, 5) is 16.6. The highest BCUT2D eigenvalue weighted by Gasteiger charge is 2.07. The summed E-state index contributed by atoms with van der Waals surface area (Å²) in [5, 5.41) is 15.5. The Morgan fingerprint density at radius 3 is 2.67 bits per heavy atom. The first kappa shape index (κ1) is 18.4. The Bertz CT molecular complexity index is 980. The fraction of sp³-hybridized carbons (Fsp3) is 0.0952. The van der Waals surface area contributed by atoms with Gasteiger partial charge in [-0.1, -0.05) is 23.7 Å². The third-order valence-electron chi connectivity index (χ3n) is 3.90. The van der Waals surface area contributed by atoms with E-state index >= 15 is 0 Å². The predicted octanol–water partition coefficient (Wildman–Crippen LogP) is 4.32. The van der Waals surface area contributed by atoms with Crippen molar-refractivity contribution >= 4 is 29.0 Å². The molecule has 0 atom stereocenters. The summed E-state index contributed by atoms with van der Waals surface area (Å²) in [5.74, 6) is 0.393. The molecule has 1 amide bonds. The number of pyridine rings is 1. The minimum Gasteiger partial charge on any atom is -0.352 e. The molecule has 0 saturated heterocycles. The van der Waals surface area contributed by atoms with Gasteiger partial charge in [-0.05, 0) is 60.5 Å². The average Bonchev–Trinajstić information content (AvgIpc) is 2.69. The van der Waals surface area contributed by atoms with Crippen molar-refractivity contribution in [3.05, 3.63) is 88.6 Å². The second-order valence-corrected chi connectivity index (χ2v) is 6.32. The molecule has 0 aliphatic heterocycles. The van der Waals surface area contributed by atoms with Gasteiger partial charge in [0.1, 0.15) is 5.82 Å². The molecule has 0 fully saturated rings. The fourth-order valence-corrected chi connectivity index (χ4v) is 2.74. The third kappa shape index (κ3) is 5.30. The van der Waals surface area contributed by atoms with Crippen LogP contribution in [0.3, 0.4) is 0 Å². The topological polar surface area (TPSA) is 77.8 Å². The molecule has 0 aliphatic rings. The molecule has 27 heavy (non-hydrogen) atoms. The smallest absolute Gasteiger partial charge is 0.251 e. The van der Waals surface area contributed by atoms with Crippen LogP contribution in [0.15, 0.2) is 66.9 Å². The van der Waals surface area contributed by atoms with E-state index in [9.17, 15) is 4.79 Å². The van der Waals surface area contributed by atoms with Crippen LogP contribution in [0, 0.1) is 11.3 Å². The molecule has 0 saturated carbocycles. The maximum atomic E-state index is 12.4. The van der Waals surface area contributed by atoms with Crippen LogP contribution in [0.1, 0.15) is 21.5 Å². The van der Waals surface area contributed by atoms with Crippen molar-refractivity contribution in [3.63, 3.8) is 0 Å². The van der Waals surface area contributed by atoms with Crippen molar-refractivity contribution in [3.8, 4) is 6.07 Å². The van der Waals surface area contributed by atoms with Gasteiger partial charge < -0.3 is 10.6 Å². The van der Waals surface area contributed by atoms with Crippen LogP contribution in [-0.4, -0.2) is 17.4 Å².